The Hall–Kier alpha value is -1.88. The normalized spacial score (nSPS) is 17.0. The van der Waals surface area contributed by atoms with Crippen molar-refractivity contribution < 1.29 is 4.79 Å². The number of pyridine rings is 1. The lowest BCUT2D eigenvalue weighted by molar-refractivity contribution is -0.117. The largest absolute Gasteiger partial charge is 0.354 e. The van der Waals surface area contributed by atoms with E-state index < -0.39 is 0 Å². The van der Waals surface area contributed by atoms with Gasteiger partial charge in [-0.2, -0.15) is 0 Å². The van der Waals surface area contributed by atoms with E-state index in [1.54, 1.807) is 6.08 Å². The van der Waals surface area contributed by atoms with Crippen LogP contribution in [0.15, 0.2) is 36.0 Å². The summed E-state index contributed by atoms with van der Waals surface area (Å²) in [6.07, 6.45) is 3.48. The quantitative estimate of drug-likeness (QED) is 0.841. The minimum absolute atomic E-state index is 0.000350. The van der Waals surface area contributed by atoms with Gasteiger partial charge in [-0.25, -0.2) is 4.98 Å². The first-order valence-corrected chi connectivity index (χ1v) is 7.88. The summed E-state index contributed by atoms with van der Waals surface area (Å²) in [6, 6.07) is 6.17. The molecule has 1 saturated heterocycles. The van der Waals surface area contributed by atoms with Crippen LogP contribution >= 0.6 is 0 Å². The average Bonchev–Trinajstić information content (AvgIpc) is 2.47. The summed E-state index contributed by atoms with van der Waals surface area (Å²) in [6.45, 7) is 10.8. The Morgan fingerprint density at radius 3 is 2.64 bits per heavy atom. The van der Waals surface area contributed by atoms with E-state index in [4.69, 9.17) is 0 Å². The molecule has 0 spiro atoms. The molecule has 1 N–H and O–H groups in total. The van der Waals surface area contributed by atoms with Gasteiger partial charge in [0, 0.05) is 51.0 Å². The van der Waals surface area contributed by atoms with Crippen LogP contribution in [0.25, 0.3) is 0 Å². The topological polar surface area (TPSA) is 48.5 Å². The van der Waals surface area contributed by atoms with Gasteiger partial charge < -0.3 is 10.2 Å². The summed E-state index contributed by atoms with van der Waals surface area (Å²) in [5.74, 6) is 1.05. The maximum Gasteiger partial charge on any atom is 0.244 e. The first kappa shape index (κ1) is 16.5. The fraction of sp³-hybridized carbons (Fsp3) is 0.529. The zero-order chi connectivity index (χ0) is 15.9. The SMILES string of the molecule is CC(C)=CC(=O)N[C@H](C)CN1CCN(c2ccccn2)CC1. The Balaban J connectivity index is 1.75. The average molecular weight is 302 g/mol. The highest BCUT2D eigenvalue weighted by atomic mass is 16.1. The second-order valence-electron chi connectivity index (χ2n) is 6.11. The third-order valence-electron chi connectivity index (χ3n) is 3.69. The summed E-state index contributed by atoms with van der Waals surface area (Å²) >= 11 is 0. The molecule has 0 bridgehead atoms. The van der Waals surface area contributed by atoms with Crippen molar-refractivity contribution in [1.29, 1.82) is 0 Å². The van der Waals surface area contributed by atoms with Crippen molar-refractivity contribution in [2.75, 3.05) is 37.6 Å². The van der Waals surface area contributed by atoms with Gasteiger partial charge in [0.15, 0.2) is 0 Å². The molecule has 2 heterocycles. The minimum atomic E-state index is -0.000350. The van der Waals surface area contributed by atoms with Gasteiger partial charge in [0.25, 0.3) is 0 Å². The number of anilines is 1. The molecule has 5 heteroatoms. The molecule has 1 fully saturated rings. The number of hydrogen-bond acceptors (Lipinski definition) is 4. The molecule has 2 rings (SSSR count). The number of nitrogens with zero attached hydrogens (tertiary/aromatic N) is 3. The lowest BCUT2D eigenvalue weighted by atomic mass is 10.2. The number of hydrogen-bond donors (Lipinski definition) is 1. The molecule has 0 unspecified atom stereocenters. The molecule has 5 nitrogen and oxygen atoms in total. The van der Waals surface area contributed by atoms with Crippen LogP contribution in [0.2, 0.25) is 0 Å². The third-order valence-corrected chi connectivity index (χ3v) is 3.69. The summed E-state index contributed by atoms with van der Waals surface area (Å²) in [4.78, 5) is 20.8. The predicted octanol–water partition coefficient (Wildman–Crippen LogP) is 1.67. The van der Waals surface area contributed by atoms with Crippen molar-refractivity contribution >= 4 is 11.7 Å². The van der Waals surface area contributed by atoms with Crippen molar-refractivity contribution in [3.8, 4) is 0 Å². The molecule has 22 heavy (non-hydrogen) atoms. The maximum atomic E-state index is 11.7. The third kappa shape index (κ3) is 5.15. The fourth-order valence-corrected chi connectivity index (χ4v) is 2.68. The van der Waals surface area contributed by atoms with Crippen LogP contribution in [0.3, 0.4) is 0 Å². The van der Waals surface area contributed by atoms with E-state index in [1.165, 1.54) is 0 Å². The Bertz CT molecular complexity index is 503. The van der Waals surface area contributed by atoms with Crippen LogP contribution in [0.4, 0.5) is 5.82 Å². The Morgan fingerprint density at radius 2 is 2.05 bits per heavy atom. The Labute approximate surface area is 133 Å². The van der Waals surface area contributed by atoms with E-state index in [2.05, 4.69) is 33.1 Å². The van der Waals surface area contributed by atoms with Crippen molar-refractivity contribution in [3.63, 3.8) is 0 Å². The van der Waals surface area contributed by atoms with Gasteiger partial charge in [-0.05, 0) is 32.9 Å². The number of carbonyl (C=O) groups is 1. The number of aromatic nitrogens is 1. The van der Waals surface area contributed by atoms with Crippen molar-refractivity contribution in [2.45, 2.75) is 26.8 Å². The first-order valence-electron chi connectivity index (χ1n) is 7.88. The van der Waals surface area contributed by atoms with Crippen molar-refractivity contribution in [2.24, 2.45) is 0 Å². The molecular formula is C17H26N4O. The molecule has 1 amide bonds. The molecule has 0 aromatic carbocycles. The molecule has 1 aromatic heterocycles. The van der Waals surface area contributed by atoms with E-state index in [9.17, 15) is 4.79 Å². The van der Waals surface area contributed by atoms with E-state index in [0.717, 1.165) is 44.1 Å². The zero-order valence-corrected chi connectivity index (χ0v) is 13.7. The van der Waals surface area contributed by atoms with Crippen LogP contribution < -0.4 is 10.2 Å². The predicted molar refractivity (Wildman–Crippen MR) is 89.9 cm³/mol. The number of amides is 1. The highest BCUT2D eigenvalue weighted by Gasteiger charge is 2.19. The van der Waals surface area contributed by atoms with Crippen molar-refractivity contribution in [1.82, 2.24) is 15.2 Å². The minimum Gasteiger partial charge on any atom is -0.354 e. The monoisotopic (exact) mass is 302 g/mol. The van der Waals surface area contributed by atoms with Gasteiger partial charge in [0.1, 0.15) is 5.82 Å². The van der Waals surface area contributed by atoms with Crippen LogP contribution in [0.5, 0.6) is 0 Å². The lowest BCUT2D eigenvalue weighted by Gasteiger charge is -2.36. The lowest BCUT2D eigenvalue weighted by Crippen LogP contribution is -2.50. The fourth-order valence-electron chi connectivity index (χ4n) is 2.68. The van der Waals surface area contributed by atoms with Crippen LogP contribution in [-0.4, -0.2) is 54.6 Å². The van der Waals surface area contributed by atoms with Gasteiger partial charge in [-0.1, -0.05) is 11.6 Å². The van der Waals surface area contributed by atoms with E-state index in [0.29, 0.717) is 0 Å². The molecule has 0 radical (unpaired) electrons. The van der Waals surface area contributed by atoms with E-state index >= 15 is 0 Å². The summed E-state index contributed by atoms with van der Waals surface area (Å²) in [5.41, 5.74) is 1.02. The molecule has 1 aliphatic heterocycles. The second-order valence-corrected chi connectivity index (χ2v) is 6.11. The molecule has 1 aromatic rings. The van der Waals surface area contributed by atoms with Gasteiger partial charge in [0.2, 0.25) is 5.91 Å². The van der Waals surface area contributed by atoms with Gasteiger partial charge >= 0.3 is 0 Å². The van der Waals surface area contributed by atoms with Crippen LogP contribution in [0, 0.1) is 0 Å². The number of carbonyl (C=O) groups excluding carboxylic acids is 1. The summed E-state index contributed by atoms with van der Waals surface area (Å²) in [5, 5.41) is 3.02. The van der Waals surface area contributed by atoms with Crippen molar-refractivity contribution in [3.05, 3.63) is 36.0 Å². The standard InChI is InChI=1S/C17H26N4O/c1-14(2)12-17(22)19-15(3)13-20-8-10-21(11-9-20)16-6-4-5-7-18-16/h4-7,12,15H,8-11,13H2,1-3H3,(H,19,22)/t15-/m1/s1. The van der Waals surface area contributed by atoms with E-state index in [1.807, 2.05) is 32.2 Å². The molecule has 120 valence electrons. The summed E-state index contributed by atoms with van der Waals surface area (Å²) in [7, 11) is 0. The van der Waals surface area contributed by atoms with Crippen LogP contribution in [-0.2, 0) is 4.79 Å². The molecule has 0 aliphatic carbocycles. The molecule has 1 atom stereocenters. The number of piperazine rings is 1. The number of rotatable bonds is 5. The van der Waals surface area contributed by atoms with Gasteiger partial charge in [-0.15, -0.1) is 0 Å². The number of nitrogens with one attached hydrogen (secondary N) is 1. The first-order chi connectivity index (χ1) is 10.5. The number of allylic oxidation sites excluding steroid dienone is 1. The molecule has 1 aliphatic rings. The highest BCUT2D eigenvalue weighted by molar-refractivity contribution is 5.88. The summed E-state index contributed by atoms with van der Waals surface area (Å²) < 4.78 is 0. The Kier molecular flexibility index (Phi) is 5.95. The Morgan fingerprint density at radius 1 is 1.32 bits per heavy atom. The van der Waals surface area contributed by atoms with Gasteiger partial charge in [0.05, 0.1) is 0 Å². The molecular weight excluding hydrogens is 276 g/mol. The highest BCUT2D eigenvalue weighted by Crippen LogP contribution is 2.12. The van der Waals surface area contributed by atoms with E-state index in [-0.39, 0.29) is 11.9 Å². The second kappa shape index (κ2) is 7.94. The maximum absolute atomic E-state index is 11.7. The van der Waals surface area contributed by atoms with Gasteiger partial charge in [-0.3, -0.25) is 9.69 Å². The zero-order valence-electron chi connectivity index (χ0n) is 13.7. The smallest absolute Gasteiger partial charge is 0.244 e. The van der Waals surface area contributed by atoms with Crippen LogP contribution in [0.1, 0.15) is 20.8 Å². The molecule has 0 saturated carbocycles.